The number of aromatic amines is 1. The summed E-state index contributed by atoms with van der Waals surface area (Å²) in [4.78, 5) is 37.4. The smallest absolute Gasteiger partial charge is 0.274 e. The van der Waals surface area contributed by atoms with Gasteiger partial charge in [0.25, 0.3) is 11.5 Å². The lowest BCUT2D eigenvalue weighted by Crippen LogP contribution is -2.49. The van der Waals surface area contributed by atoms with Gasteiger partial charge in [-0.15, -0.1) is 0 Å². The molecule has 1 aliphatic heterocycles. The highest BCUT2D eigenvalue weighted by Crippen LogP contribution is 2.24. The Morgan fingerprint density at radius 2 is 1.79 bits per heavy atom. The minimum absolute atomic E-state index is 0.0689. The number of ether oxygens (including phenoxy) is 1. The van der Waals surface area contributed by atoms with Gasteiger partial charge in [0.15, 0.2) is 0 Å². The number of aromatic nitrogens is 2. The van der Waals surface area contributed by atoms with Gasteiger partial charge in [0, 0.05) is 49.1 Å². The van der Waals surface area contributed by atoms with Crippen molar-refractivity contribution in [3.05, 3.63) is 99.0 Å². The Morgan fingerprint density at radius 1 is 1.00 bits per heavy atom. The summed E-state index contributed by atoms with van der Waals surface area (Å²) >= 11 is 0. The van der Waals surface area contributed by atoms with E-state index >= 15 is 0 Å². The van der Waals surface area contributed by atoms with Crippen molar-refractivity contribution in [1.82, 2.24) is 14.9 Å². The minimum atomic E-state index is -0.460. The van der Waals surface area contributed by atoms with Crippen LogP contribution in [0.5, 0.6) is 5.75 Å². The first-order valence-corrected chi connectivity index (χ1v) is 12.5. The van der Waals surface area contributed by atoms with E-state index in [1.165, 1.54) is 22.9 Å². The number of H-pyrrole nitrogens is 1. The van der Waals surface area contributed by atoms with Crippen LogP contribution in [0.4, 0.5) is 5.69 Å². The second-order valence-electron chi connectivity index (χ2n) is 9.51. The van der Waals surface area contributed by atoms with Crippen molar-refractivity contribution < 1.29 is 14.6 Å². The largest absolute Gasteiger partial charge is 0.507 e. The van der Waals surface area contributed by atoms with Crippen LogP contribution in [0.25, 0.3) is 22.9 Å². The highest BCUT2D eigenvalue weighted by molar-refractivity contribution is 5.97. The number of hydrogen-bond acceptors (Lipinski definition) is 6. The van der Waals surface area contributed by atoms with Gasteiger partial charge in [-0.25, -0.2) is 4.98 Å². The predicted molar refractivity (Wildman–Crippen MR) is 150 cm³/mol. The molecule has 38 heavy (non-hydrogen) atoms. The molecule has 0 spiro atoms. The Labute approximate surface area is 220 Å². The van der Waals surface area contributed by atoms with Crippen LogP contribution < -0.4 is 15.2 Å². The second-order valence-corrected chi connectivity index (χ2v) is 9.51. The van der Waals surface area contributed by atoms with E-state index in [0.29, 0.717) is 41.0 Å². The molecular formula is C30H30N4O4. The molecule has 2 heterocycles. The Hall–Kier alpha value is -4.59. The molecule has 194 valence electrons. The fourth-order valence-corrected chi connectivity index (χ4v) is 4.72. The number of piperazine rings is 1. The maximum atomic E-state index is 13.3. The maximum Gasteiger partial charge on any atom is 0.274 e. The zero-order valence-electron chi connectivity index (χ0n) is 21.7. The first-order valence-electron chi connectivity index (χ1n) is 12.5. The van der Waals surface area contributed by atoms with Gasteiger partial charge in [0.1, 0.15) is 17.2 Å². The second kappa shape index (κ2) is 10.4. The average molecular weight is 511 g/mol. The standard InChI is InChI=1S/C30H30N4O4/c1-19-7-8-20(2)27(15-19)33-11-13-34(14-12-33)30(37)22-9-10-24-25(17-22)32-29(36)26(31-24)18-28(35)21-5-4-6-23(16-21)38-3/h4-10,15-18,35H,11-14H2,1-3H3,(H,32,36). The number of benzene rings is 3. The van der Waals surface area contributed by atoms with Crippen LogP contribution in [-0.4, -0.2) is 59.2 Å². The van der Waals surface area contributed by atoms with Gasteiger partial charge < -0.3 is 24.6 Å². The molecule has 1 aliphatic rings. The fraction of sp³-hybridized carbons (Fsp3) is 0.233. The van der Waals surface area contributed by atoms with Crippen molar-refractivity contribution >= 4 is 34.5 Å². The number of carbonyl (C=O) groups is 1. The summed E-state index contributed by atoms with van der Waals surface area (Å²) in [6, 6.07) is 18.4. The lowest BCUT2D eigenvalue weighted by atomic mass is 10.1. The third-order valence-electron chi connectivity index (χ3n) is 6.88. The zero-order valence-corrected chi connectivity index (χ0v) is 21.7. The molecule has 8 heteroatoms. The number of nitrogens with one attached hydrogen (secondary N) is 1. The number of fused-ring (bicyclic) bond motifs is 1. The van der Waals surface area contributed by atoms with E-state index < -0.39 is 5.56 Å². The number of rotatable bonds is 5. The molecule has 0 bridgehead atoms. The van der Waals surface area contributed by atoms with Gasteiger partial charge in [-0.2, -0.15) is 0 Å². The number of nitrogens with zero attached hydrogens (tertiary/aromatic N) is 3. The number of methoxy groups -OCH3 is 1. The van der Waals surface area contributed by atoms with Crippen LogP contribution in [0, 0.1) is 13.8 Å². The molecule has 0 radical (unpaired) electrons. The van der Waals surface area contributed by atoms with E-state index in [9.17, 15) is 14.7 Å². The van der Waals surface area contributed by atoms with Gasteiger partial charge in [0.05, 0.1) is 18.1 Å². The Kier molecular flexibility index (Phi) is 6.87. The van der Waals surface area contributed by atoms with Crippen molar-refractivity contribution in [2.75, 3.05) is 38.2 Å². The Bertz CT molecular complexity index is 1600. The molecule has 2 N–H and O–H groups in total. The van der Waals surface area contributed by atoms with E-state index in [0.717, 1.165) is 13.1 Å². The summed E-state index contributed by atoms with van der Waals surface area (Å²) in [5, 5.41) is 10.5. The molecule has 0 aliphatic carbocycles. The molecule has 4 aromatic rings. The first kappa shape index (κ1) is 25.1. The topological polar surface area (TPSA) is 98.8 Å². The Balaban J connectivity index is 1.33. The normalized spacial score (nSPS) is 14.1. The molecule has 0 atom stereocenters. The summed E-state index contributed by atoms with van der Waals surface area (Å²) in [7, 11) is 1.54. The number of aryl methyl sites for hydroxylation is 2. The van der Waals surface area contributed by atoms with Crippen LogP contribution >= 0.6 is 0 Å². The van der Waals surface area contributed by atoms with Crippen molar-refractivity contribution in [3.8, 4) is 5.75 Å². The Morgan fingerprint density at radius 3 is 2.55 bits per heavy atom. The van der Waals surface area contributed by atoms with Gasteiger partial charge in [-0.05, 0) is 61.4 Å². The number of aliphatic hydroxyl groups is 1. The van der Waals surface area contributed by atoms with Crippen LogP contribution in [0.1, 0.15) is 32.7 Å². The third-order valence-corrected chi connectivity index (χ3v) is 6.88. The number of carbonyl (C=O) groups excluding carboxylic acids is 1. The summed E-state index contributed by atoms with van der Waals surface area (Å²) in [5.41, 5.74) is 5.26. The molecule has 5 rings (SSSR count). The molecule has 8 nitrogen and oxygen atoms in total. The lowest BCUT2D eigenvalue weighted by Gasteiger charge is -2.37. The summed E-state index contributed by atoms with van der Waals surface area (Å²) in [6.07, 6.45) is 1.32. The van der Waals surface area contributed by atoms with E-state index in [4.69, 9.17) is 4.74 Å². The van der Waals surface area contributed by atoms with E-state index in [2.05, 4.69) is 46.9 Å². The molecule has 1 fully saturated rings. The lowest BCUT2D eigenvalue weighted by molar-refractivity contribution is 0.0747. The van der Waals surface area contributed by atoms with Crippen LogP contribution in [0.2, 0.25) is 0 Å². The number of hydrogen-bond donors (Lipinski definition) is 2. The van der Waals surface area contributed by atoms with Crippen LogP contribution in [-0.2, 0) is 0 Å². The molecule has 0 unspecified atom stereocenters. The van der Waals surface area contributed by atoms with Gasteiger partial charge in [-0.3, -0.25) is 9.59 Å². The number of anilines is 1. The fourth-order valence-electron chi connectivity index (χ4n) is 4.72. The average Bonchev–Trinajstić information content (AvgIpc) is 2.94. The number of aliphatic hydroxyl groups excluding tert-OH is 1. The van der Waals surface area contributed by atoms with Crippen molar-refractivity contribution in [2.24, 2.45) is 0 Å². The van der Waals surface area contributed by atoms with Crippen molar-refractivity contribution in [1.29, 1.82) is 0 Å². The summed E-state index contributed by atoms with van der Waals surface area (Å²) in [5.74, 6) is 0.410. The molecule has 1 aromatic heterocycles. The first-order chi connectivity index (χ1) is 18.3. The molecule has 3 aromatic carbocycles. The van der Waals surface area contributed by atoms with Crippen LogP contribution in [0.3, 0.4) is 0 Å². The van der Waals surface area contributed by atoms with E-state index in [-0.39, 0.29) is 17.4 Å². The highest BCUT2D eigenvalue weighted by atomic mass is 16.5. The zero-order chi connectivity index (χ0) is 26.8. The summed E-state index contributed by atoms with van der Waals surface area (Å²) < 4.78 is 5.19. The minimum Gasteiger partial charge on any atom is -0.507 e. The van der Waals surface area contributed by atoms with Crippen LogP contribution in [0.15, 0.2) is 65.5 Å². The van der Waals surface area contributed by atoms with Crippen molar-refractivity contribution in [3.63, 3.8) is 0 Å². The SMILES string of the molecule is COc1cccc(C(O)=Cc2nc3ccc(C(=O)N4CCN(c5cc(C)ccc5C)CC4)cc3[nH]c2=O)c1. The third kappa shape index (κ3) is 5.11. The highest BCUT2D eigenvalue weighted by Gasteiger charge is 2.23. The monoisotopic (exact) mass is 510 g/mol. The number of amides is 1. The molecule has 1 amide bonds. The van der Waals surface area contributed by atoms with Gasteiger partial charge in [0.2, 0.25) is 0 Å². The quantitative estimate of drug-likeness (QED) is 0.382. The van der Waals surface area contributed by atoms with E-state index in [1.54, 1.807) is 49.6 Å². The van der Waals surface area contributed by atoms with E-state index in [1.807, 2.05) is 4.90 Å². The molecule has 1 saturated heterocycles. The van der Waals surface area contributed by atoms with Gasteiger partial charge >= 0.3 is 0 Å². The molecule has 0 saturated carbocycles. The molecular weight excluding hydrogens is 480 g/mol. The summed E-state index contributed by atoms with van der Waals surface area (Å²) in [6.45, 7) is 6.95. The van der Waals surface area contributed by atoms with Gasteiger partial charge in [-0.1, -0.05) is 24.3 Å². The van der Waals surface area contributed by atoms with Crippen molar-refractivity contribution in [2.45, 2.75) is 13.8 Å². The maximum absolute atomic E-state index is 13.3. The predicted octanol–water partition coefficient (Wildman–Crippen LogP) is 4.57.